The molecule has 0 saturated carbocycles. The molecule has 1 heteroatoms. The molecule has 0 saturated heterocycles. The molecular weight excluding hydrogens is 278 g/mol. The molecule has 3 rings (SSSR count). The van der Waals surface area contributed by atoms with E-state index in [4.69, 9.17) is 0 Å². The fourth-order valence-corrected chi connectivity index (χ4v) is 3.01. The lowest BCUT2D eigenvalue weighted by molar-refractivity contribution is 0.474. The van der Waals surface area contributed by atoms with Gasteiger partial charge >= 0.3 is 0 Å². The van der Waals surface area contributed by atoms with Crippen LogP contribution < -0.4 is 5.32 Å². The molecule has 1 nitrogen and oxygen atoms in total. The summed E-state index contributed by atoms with van der Waals surface area (Å²) in [5.41, 5.74) is 3.94. The maximum atomic E-state index is 3.85. The Morgan fingerprint density at radius 1 is 0.609 bits per heavy atom. The second-order valence-electron chi connectivity index (χ2n) is 5.79. The highest BCUT2D eigenvalue weighted by Gasteiger charge is 2.18. The summed E-state index contributed by atoms with van der Waals surface area (Å²) < 4.78 is 0. The molecule has 0 aromatic heterocycles. The topological polar surface area (TPSA) is 12.0 Å². The second kappa shape index (κ2) is 7.75. The average molecular weight is 301 g/mol. The highest BCUT2D eigenvalue weighted by atomic mass is 15.0. The van der Waals surface area contributed by atoms with Crippen LogP contribution in [-0.2, 0) is 0 Å². The van der Waals surface area contributed by atoms with Crippen molar-refractivity contribution in [2.24, 2.45) is 0 Å². The quantitative estimate of drug-likeness (QED) is 0.632. The second-order valence-corrected chi connectivity index (χ2v) is 5.79. The Balaban J connectivity index is 1.93. The van der Waals surface area contributed by atoms with Crippen molar-refractivity contribution in [3.8, 4) is 0 Å². The van der Waals surface area contributed by atoms with Crippen molar-refractivity contribution in [1.82, 2.24) is 5.32 Å². The Kier molecular flexibility index (Phi) is 5.23. The molecule has 0 aliphatic heterocycles. The summed E-state index contributed by atoms with van der Waals surface area (Å²) in [6.45, 7) is 2.23. The van der Waals surface area contributed by atoms with Gasteiger partial charge in [-0.15, -0.1) is 0 Å². The Bertz CT molecular complexity index is 652. The van der Waals surface area contributed by atoms with Crippen LogP contribution in [-0.4, -0.2) is 0 Å². The fraction of sp³-hybridized carbons (Fsp3) is 0.182. The van der Waals surface area contributed by atoms with Crippen LogP contribution in [0.15, 0.2) is 91.0 Å². The van der Waals surface area contributed by atoms with Gasteiger partial charge in [-0.25, -0.2) is 0 Å². The van der Waals surface area contributed by atoms with Gasteiger partial charge in [0.25, 0.3) is 0 Å². The van der Waals surface area contributed by atoms with Crippen LogP contribution in [0.25, 0.3) is 0 Å². The first-order valence-corrected chi connectivity index (χ1v) is 8.29. The van der Waals surface area contributed by atoms with Crippen molar-refractivity contribution in [1.29, 1.82) is 0 Å². The third kappa shape index (κ3) is 3.88. The van der Waals surface area contributed by atoms with Gasteiger partial charge in [0.15, 0.2) is 0 Å². The largest absolute Gasteiger partial charge is 0.299 e. The SMILES string of the molecule is CCC(NC(c1ccccc1)c1ccccc1)c1ccccc1. The smallest absolute Gasteiger partial charge is 0.0581 e. The van der Waals surface area contributed by atoms with Gasteiger partial charge in [0.1, 0.15) is 0 Å². The highest BCUT2D eigenvalue weighted by Crippen LogP contribution is 2.27. The van der Waals surface area contributed by atoms with E-state index < -0.39 is 0 Å². The number of hydrogen-bond donors (Lipinski definition) is 1. The normalized spacial score (nSPS) is 12.3. The fourth-order valence-electron chi connectivity index (χ4n) is 3.01. The van der Waals surface area contributed by atoms with E-state index in [0.717, 1.165) is 6.42 Å². The van der Waals surface area contributed by atoms with Gasteiger partial charge in [0, 0.05) is 6.04 Å². The number of benzene rings is 3. The van der Waals surface area contributed by atoms with Crippen LogP contribution in [0.3, 0.4) is 0 Å². The summed E-state index contributed by atoms with van der Waals surface area (Å²) in [4.78, 5) is 0. The summed E-state index contributed by atoms with van der Waals surface area (Å²) in [6.07, 6.45) is 1.06. The molecule has 0 aliphatic rings. The van der Waals surface area contributed by atoms with E-state index in [1.807, 2.05) is 0 Å². The Morgan fingerprint density at radius 2 is 1.00 bits per heavy atom. The van der Waals surface area contributed by atoms with Gasteiger partial charge in [-0.2, -0.15) is 0 Å². The van der Waals surface area contributed by atoms with Crippen LogP contribution in [0.1, 0.15) is 42.1 Å². The Morgan fingerprint density at radius 3 is 1.39 bits per heavy atom. The molecule has 3 aromatic carbocycles. The summed E-state index contributed by atoms with van der Waals surface area (Å²) in [5.74, 6) is 0. The van der Waals surface area contributed by atoms with E-state index >= 15 is 0 Å². The molecule has 3 aromatic rings. The first-order chi connectivity index (χ1) is 11.4. The standard InChI is InChI=1S/C22H23N/c1-2-21(18-12-6-3-7-13-18)23-22(19-14-8-4-9-15-19)20-16-10-5-11-17-20/h3-17,21-23H,2H2,1H3. The van der Waals surface area contributed by atoms with Gasteiger partial charge in [0.2, 0.25) is 0 Å². The molecule has 0 radical (unpaired) electrons. The van der Waals surface area contributed by atoms with Crippen molar-refractivity contribution in [2.75, 3.05) is 0 Å². The van der Waals surface area contributed by atoms with E-state index in [0.29, 0.717) is 6.04 Å². The zero-order valence-electron chi connectivity index (χ0n) is 13.5. The van der Waals surface area contributed by atoms with Gasteiger partial charge < -0.3 is 0 Å². The van der Waals surface area contributed by atoms with Crippen molar-refractivity contribution in [2.45, 2.75) is 25.4 Å². The van der Waals surface area contributed by atoms with Gasteiger partial charge in [0.05, 0.1) is 6.04 Å². The Hall–Kier alpha value is -2.38. The van der Waals surface area contributed by atoms with Crippen LogP contribution >= 0.6 is 0 Å². The molecule has 0 fully saturated rings. The lowest BCUT2D eigenvalue weighted by Gasteiger charge is -2.26. The minimum absolute atomic E-state index is 0.197. The third-order valence-electron chi connectivity index (χ3n) is 4.24. The van der Waals surface area contributed by atoms with Gasteiger partial charge in [-0.05, 0) is 23.1 Å². The number of nitrogens with one attached hydrogen (secondary N) is 1. The molecule has 116 valence electrons. The molecule has 23 heavy (non-hydrogen) atoms. The van der Waals surface area contributed by atoms with Crippen LogP contribution in [0.2, 0.25) is 0 Å². The maximum Gasteiger partial charge on any atom is 0.0581 e. The van der Waals surface area contributed by atoms with Crippen molar-refractivity contribution in [3.05, 3.63) is 108 Å². The predicted octanol–water partition coefficient (Wildman–Crippen LogP) is 5.52. The lowest BCUT2D eigenvalue weighted by Crippen LogP contribution is -2.27. The minimum Gasteiger partial charge on any atom is -0.299 e. The van der Waals surface area contributed by atoms with E-state index in [1.54, 1.807) is 0 Å². The third-order valence-corrected chi connectivity index (χ3v) is 4.24. The van der Waals surface area contributed by atoms with Gasteiger partial charge in [-0.3, -0.25) is 5.32 Å². The molecular formula is C22H23N. The zero-order chi connectivity index (χ0) is 15.9. The first kappa shape index (κ1) is 15.5. The van der Waals surface area contributed by atoms with E-state index in [9.17, 15) is 0 Å². The van der Waals surface area contributed by atoms with Crippen LogP contribution in [0.5, 0.6) is 0 Å². The zero-order valence-corrected chi connectivity index (χ0v) is 13.5. The number of hydrogen-bond acceptors (Lipinski definition) is 1. The summed E-state index contributed by atoms with van der Waals surface area (Å²) in [5, 5.41) is 3.85. The van der Waals surface area contributed by atoms with E-state index in [1.165, 1.54) is 16.7 Å². The van der Waals surface area contributed by atoms with Crippen LogP contribution in [0.4, 0.5) is 0 Å². The summed E-state index contributed by atoms with van der Waals surface area (Å²) in [6, 6.07) is 32.6. The maximum absolute atomic E-state index is 3.85. The molecule has 0 bridgehead atoms. The van der Waals surface area contributed by atoms with Crippen molar-refractivity contribution in [3.63, 3.8) is 0 Å². The summed E-state index contributed by atoms with van der Waals surface area (Å²) in [7, 11) is 0. The molecule has 0 amide bonds. The first-order valence-electron chi connectivity index (χ1n) is 8.29. The molecule has 0 aliphatic carbocycles. The lowest BCUT2D eigenvalue weighted by atomic mass is 9.95. The number of rotatable bonds is 6. The Labute approximate surface area is 139 Å². The van der Waals surface area contributed by atoms with Crippen molar-refractivity contribution < 1.29 is 0 Å². The molecule has 0 spiro atoms. The van der Waals surface area contributed by atoms with Gasteiger partial charge in [-0.1, -0.05) is 97.9 Å². The molecule has 1 N–H and O–H groups in total. The molecule has 1 unspecified atom stereocenters. The van der Waals surface area contributed by atoms with Crippen molar-refractivity contribution >= 4 is 0 Å². The average Bonchev–Trinajstić information content (AvgIpc) is 2.65. The minimum atomic E-state index is 0.197. The monoisotopic (exact) mass is 301 g/mol. The predicted molar refractivity (Wildman–Crippen MR) is 97.3 cm³/mol. The van der Waals surface area contributed by atoms with E-state index in [2.05, 4.69) is 103 Å². The molecule has 0 heterocycles. The molecule has 1 atom stereocenters. The van der Waals surface area contributed by atoms with E-state index in [-0.39, 0.29) is 6.04 Å². The van der Waals surface area contributed by atoms with Crippen LogP contribution in [0, 0.1) is 0 Å². The summed E-state index contributed by atoms with van der Waals surface area (Å²) >= 11 is 0. The highest BCUT2D eigenvalue weighted by molar-refractivity contribution is 5.32.